The van der Waals surface area contributed by atoms with Crippen molar-refractivity contribution in [2.45, 2.75) is 46.5 Å². The van der Waals surface area contributed by atoms with Crippen LogP contribution in [-0.2, 0) is 17.6 Å². The first kappa shape index (κ1) is 23.3. The number of carbonyl (C=O) groups is 1. The van der Waals surface area contributed by atoms with Crippen molar-refractivity contribution < 1.29 is 14.6 Å². The van der Waals surface area contributed by atoms with Crippen LogP contribution in [0.5, 0.6) is 11.5 Å². The second-order valence-electron chi connectivity index (χ2n) is 8.67. The van der Waals surface area contributed by atoms with Crippen LogP contribution in [0.2, 0.25) is 0 Å². The summed E-state index contributed by atoms with van der Waals surface area (Å²) in [6.07, 6.45) is 5.89. The molecule has 0 saturated carbocycles. The van der Waals surface area contributed by atoms with Crippen LogP contribution in [0.3, 0.4) is 0 Å². The van der Waals surface area contributed by atoms with E-state index in [9.17, 15) is 9.90 Å². The molecule has 3 aromatic rings. The molecule has 0 radical (unpaired) electrons. The molecule has 0 aliphatic rings. The minimum atomic E-state index is -0.401. The Kier molecular flexibility index (Phi) is 7.88. The number of esters is 1. The first-order chi connectivity index (χ1) is 15.3. The maximum Gasteiger partial charge on any atom is 0.318 e. The Hall–Kier alpha value is -3.33. The SMILES string of the molecule is CCc1ccc(C=Cc2cc(O)cc(OC(=O)C(C)c3ccc(CC(C)C)cc3)c2)cc1. The smallest absolute Gasteiger partial charge is 0.318 e. The van der Waals surface area contributed by atoms with Crippen molar-refractivity contribution >= 4 is 18.1 Å². The Morgan fingerprint density at radius 2 is 1.50 bits per heavy atom. The van der Waals surface area contributed by atoms with Crippen molar-refractivity contribution in [2.24, 2.45) is 5.92 Å². The summed E-state index contributed by atoms with van der Waals surface area (Å²) in [7, 11) is 0. The zero-order valence-electron chi connectivity index (χ0n) is 19.3. The number of ether oxygens (including phenoxy) is 1. The standard InChI is InChI=1S/C29H32O3/c1-5-22-6-8-23(9-7-22)10-11-25-17-27(30)19-28(18-25)32-29(31)21(4)26-14-12-24(13-15-26)16-20(2)3/h6-15,17-21,30H,5,16H2,1-4H3. The lowest BCUT2D eigenvalue weighted by atomic mass is 9.97. The van der Waals surface area contributed by atoms with Crippen LogP contribution < -0.4 is 4.74 Å². The van der Waals surface area contributed by atoms with Crippen molar-refractivity contribution in [3.63, 3.8) is 0 Å². The lowest BCUT2D eigenvalue weighted by Gasteiger charge is -2.13. The quantitative estimate of drug-likeness (QED) is 0.238. The van der Waals surface area contributed by atoms with Gasteiger partial charge in [-0.1, -0.05) is 81.5 Å². The van der Waals surface area contributed by atoms with Gasteiger partial charge in [-0.3, -0.25) is 4.79 Å². The molecule has 0 bridgehead atoms. The highest BCUT2D eigenvalue weighted by Gasteiger charge is 2.18. The Balaban J connectivity index is 1.69. The predicted octanol–water partition coefficient (Wildman–Crippen LogP) is 7.03. The third-order valence-electron chi connectivity index (χ3n) is 5.47. The molecule has 3 aromatic carbocycles. The molecule has 3 rings (SSSR count). The molecule has 0 spiro atoms. The maximum absolute atomic E-state index is 12.7. The van der Waals surface area contributed by atoms with Crippen LogP contribution in [0, 0.1) is 5.92 Å². The number of benzene rings is 3. The number of hydrogen-bond acceptors (Lipinski definition) is 3. The van der Waals surface area contributed by atoms with Gasteiger partial charge in [-0.05, 0) is 65.6 Å². The Morgan fingerprint density at radius 3 is 2.12 bits per heavy atom. The fourth-order valence-electron chi connectivity index (χ4n) is 3.57. The largest absolute Gasteiger partial charge is 0.508 e. The van der Waals surface area contributed by atoms with Gasteiger partial charge in [-0.15, -0.1) is 0 Å². The molecule has 0 aromatic heterocycles. The van der Waals surface area contributed by atoms with E-state index < -0.39 is 5.92 Å². The fourth-order valence-corrected chi connectivity index (χ4v) is 3.57. The maximum atomic E-state index is 12.7. The van der Waals surface area contributed by atoms with E-state index in [1.807, 2.05) is 31.2 Å². The van der Waals surface area contributed by atoms with Gasteiger partial charge in [0, 0.05) is 6.07 Å². The highest BCUT2D eigenvalue weighted by Crippen LogP contribution is 2.26. The number of rotatable bonds is 8. The van der Waals surface area contributed by atoms with E-state index in [-0.39, 0.29) is 11.7 Å². The van der Waals surface area contributed by atoms with Gasteiger partial charge < -0.3 is 9.84 Å². The molecule has 1 N–H and O–H groups in total. The zero-order chi connectivity index (χ0) is 23.1. The summed E-state index contributed by atoms with van der Waals surface area (Å²) in [5.74, 6) is 0.230. The summed E-state index contributed by atoms with van der Waals surface area (Å²) in [5, 5.41) is 10.1. The average molecular weight is 429 g/mol. The lowest BCUT2D eigenvalue weighted by molar-refractivity contribution is -0.135. The van der Waals surface area contributed by atoms with Crippen molar-refractivity contribution in [1.29, 1.82) is 0 Å². The van der Waals surface area contributed by atoms with Crippen molar-refractivity contribution in [1.82, 2.24) is 0 Å². The molecule has 32 heavy (non-hydrogen) atoms. The van der Waals surface area contributed by atoms with E-state index in [2.05, 4.69) is 57.2 Å². The summed E-state index contributed by atoms with van der Waals surface area (Å²) < 4.78 is 5.60. The predicted molar refractivity (Wildman–Crippen MR) is 132 cm³/mol. The number of aryl methyl sites for hydroxylation is 1. The molecule has 0 aliphatic carbocycles. The summed E-state index contributed by atoms with van der Waals surface area (Å²) in [6, 6.07) is 21.3. The molecule has 3 nitrogen and oxygen atoms in total. The summed E-state index contributed by atoms with van der Waals surface area (Å²) >= 11 is 0. The third-order valence-corrected chi connectivity index (χ3v) is 5.47. The second kappa shape index (κ2) is 10.8. The normalized spacial score (nSPS) is 12.3. The monoisotopic (exact) mass is 428 g/mol. The number of aromatic hydroxyl groups is 1. The van der Waals surface area contributed by atoms with E-state index >= 15 is 0 Å². The van der Waals surface area contributed by atoms with Crippen LogP contribution >= 0.6 is 0 Å². The van der Waals surface area contributed by atoms with Gasteiger partial charge in [0.1, 0.15) is 11.5 Å². The van der Waals surface area contributed by atoms with Gasteiger partial charge in [0.15, 0.2) is 0 Å². The highest BCUT2D eigenvalue weighted by atomic mass is 16.5. The second-order valence-corrected chi connectivity index (χ2v) is 8.67. The molecule has 0 fully saturated rings. The molecular weight excluding hydrogens is 396 g/mol. The average Bonchev–Trinajstić information content (AvgIpc) is 2.77. The molecule has 1 unspecified atom stereocenters. The van der Waals surface area contributed by atoms with Crippen LogP contribution in [-0.4, -0.2) is 11.1 Å². The van der Waals surface area contributed by atoms with Crippen LogP contribution in [0.25, 0.3) is 12.2 Å². The molecule has 0 saturated heterocycles. The molecule has 166 valence electrons. The minimum Gasteiger partial charge on any atom is -0.508 e. The Morgan fingerprint density at radius 1 is 0.875 bits per heavy atom. The molecule has 0 amide bonds. The lowest BCUT2D eigenvalue weighted by Crippen LogP contribution is -2.16. The number of hydrogen-bond donors (Lipinski definition) is 1. The van der Waals surface area contributed by atoms with E-state index in [4.69, 9.17) is 4.74 Å². The molecule has 0 heterocycles. The van der Waals surface area contributed by atoms with Crippen molar-refractivity contribution in [3.8, 4) is 11.5 Å². The summed E-state index contributed by atoms with van der Waals surface area (Å²) in [4.78, 5) is 12.7. The number of phenolic OH excluding ortho intramolecular Hbond substituents is 1. The van der Waals surface area contributed by atoms with Gasteiger partial charge in [0.25, 0.3) is 0 Å². The fraction of sp³-hybridized carbons (Fsp3) is 0.276. The molecule has 1 atom stereocenters. The Labute approximate surface area is 191 Å². The van der Waals surface area contributed by atoms with Crippen molar-refractivity contribution in [2.75, 3.05) is 0 Å². The van der Waals surface area contributed by atoms with Gasteiger partial charge in [0.2, 0.25) is 0 Å². The van der Waals surface area contributed by atoms with E-state index in [0.717, 1.165) is 29.5 Å². The summed E-state index contributed by atoms with van der Waals surface area (Å²) in [6.45, 7) is 8.34. The van der Waals surface area contributed by atoms with E-state index in [1.54, 1.807) is 12.1 Å². The van der Waals surface area contributed by atoms with E-state index in [1.165, 1.54) is 17.2 Å². The zero-order valence-corrected chi connectivity index (χ0v) is 19.3. The van der Waals surface area contributed by atoms with Gasteiger partial charge in [-0.25, -0.2) is 0 Å². The van der Waals surface area contributed by atoms with Gasteiger partial charge in [-0.2, -0.15) is 0 Å². The first-order valence-electron chi connectivity index (χ1n) is 11.3. The van der Waals surface area contributed by atoms with Gasteiger partial charge >= 0.3 is 5.97 Å². The first-order valence-corrected chi connectivity index (χ1v) is 11.3. The highest BCUT2D eigenvalue weighted by molar-refractivity contribution is 5.80. The topological polar surface area (TPSA) is 46.5 Å². The van der Waals surface area contributed by atoms with Crippen molar-refractivity contribution in [3.05, 3.63) is 94.5 Å². The third kappa shape index (κ3) is 6.58. The summed E-state index contributed by atoms with van der Waals surface area (Å²) in [5.41, 5.74) is 5.30. The number of carbonyl (C=O) groups excluding carboxylic acids is 1. The minimum absolute atomic E-state index is 0.0574. The van der Waals surface area contributed by atoms with Gasteiger partial charge in [0.05, 0.1) is 5.92 Å². The molecule has 0 aliphatic heterocycles. The van der Waals surface area contributed by atoms with Crippen LogP contribution in [0.1, 0.15) is 61.4 Å². The van der Waals surface area contributed by atoms with Crippen LogP contribution in [0.4, 0.5) is 0 Å². The van der Waals surface area contributed by atoms with E-state index in [0.29, 0.717) is 11.7 Å². The Bertz CT molecular complexity index is 1060. The molecule has 3 heteroatoms. The van der Waals surface area contributed by atoms with Crippen LogP contribution in [0.15, 0.2) is 66.7 Å². The number of phenols is 1. The molecular formula is C29H32O3.